The molecule has 0 aliphatic rings. The van der Waals surface area contributed by atoms with Crippen molar-refractivity contribution in [1.29, 1.82) is 0 Å². The number of hydrogen-bond donors (Lipinski definition) is 1. The minimum atomic E-state index is 0.293. The number of phenols is 1. The van der Waals surface area contributed by atoms with Crippen molar-refractivity contribution in [3.8, 4) is 16.2 Å². The third-order valence-electron chi connectivity index (χ3n) is 1.56. The summed E-state index contributed by atoms with van der Waals surface area (Å²) in [4.78, 5) is 5.04. The molecule has 2 aromatic rings. The van der Waals surface area contributed by atoms with Gasteiger partial charge >= 0.3 is 0 Å². The normalized spacial score (nSPS) is 10.0. The molecule has 1 heterocycles. The highest BCUT2D eigenvalue weighted by atomic mass is 32.1. The lowest BCUT2D eigenvalue weighted by atomic mass is 10.2. The molecule has 0 radical (unpaired) electrons. The second-order valence-corrected chi connectivity index (χ2v) is 3.30. The fourth-order valence-electron chi connectivity index (χ4n) is 1.02. The summed E-state index contributed by atoms with van der Waals surface area (Å²) < 4.78 is 0. The van der Waals surface area contributed by atoms with Gasteiger partial charge in [-0.05, 0) is 17.7 Å². The lowest BCUT2D eigenvalue weighted by molar-refractivity contribution is 0.475. The first-order chi connectivity index (χ1) is 5.86. The van der Waals surface area contributed by atoms with Crippen molar-refractivity contribution in [2.24, 2.45) is 0 Å². The van der Waals surface area contributed by atoms with Gasteiger partial charge in [-0.25, -0.2) is 0 Å². The molecule has 60 valence electrons. The van der Waals surface area contributed by atoms with E-state index in [0.717, 1.165) is 10.4 Å². The van der Waals surface area contributed by atoms with Gasteiger partial charge in [0.25, 0.3) is 0 Å². The average molecular weight is 177 g/mol. The number of nitrogens with zero attached hydrogens (tertiary/aromatic N) is 1. The fraction of sp³-hybridized carbons (Fsp3) is 0. The van der Waals surface area contributed by atoms with Crippen molar-refractivity contribution < 1.29 is 5.11 Å². The lowest BCUT2D eigenvalue weighted by Gasteiger charge is -1.95. The summed E-state index contributed by atoms with van der Waals surface area (Å²) in [5, 5.41) is 9.20. The van der Waals surface area contributed by atoms with E-state index in [1.807, 2.05) is 12.1 Å². The van der Waals surface area contributed by atoms with Gasteiger partial charge in [0.05, 0.1) is 10.4 Å². The summed E-state index contributed by atoms with van der Waals surface area (Å²) >= 11 is 1.56. The predicted octanol–water partition coefficient (Wildman–Crippen LogP) is 2.52. The van der Waals surface area contributed by atoms with Gasteiger partial charge in [0.15, 0.2) is 0 Å². The molecule has 1 N–H and O–H groups in total. The van der Waals surface area contributed by atoms with E-state index in [1.165, 1.54) is 0 Å². The van der Waals surface area contributed by atoms with Crippen molar-refractivity contribution in [2.75, 3.05) is 0 Å². The monoisotopic (exact) mass is 177 g/mol. The molecule has 0 atom stereocenters. The largest absolute Gasteiger partial charge is 0.508 e. The van der Waals surface area contributed by atoms with Crippen molar-refractivity contribution >= 4 is 11.3 Å². The molecule has 3 heteroatoms. The molecular formula is C9H7NOS. The Morgan fingerprint density at radius 2 is 2.25 bits per heavy atom. The number of benzene rings is 1. The topological polar surface area (TPSA) is 33.1 Å². The van der Waals surface area contributed by atoms with Gasteiger partial charge in [-0.1, -0.05) is 12.1 Å². The molecule has 1 aromatic carbocycles. The van der Waals surface area contributed by atoms with Crippen LogP contribution in [0.25, 0.3) is 10.4 Å². The highest BCUT2D eigenvalue weighted by Crippen LogP contribution is 2.25. The number of aromatic nitrogens is 1. The molecule has 0 bridgehead atoms. The maximum Gasteiger partial charge on any atom is 0.116 e. The Bertz CT molecular complexity index is 370. The standard InChI is InChI=1S/C9H7NOS/c11-8-3-1-2-7(4-8)9-5-10-6-12-9/h1-6,11H. The first-order valence-corrected chi connectivity index (χ1v) is 4.42. The van der Waals surface area contributed by atoms with Gasteiger partial charge in [0, 0.05) is 6.20 Å². The SMILES string of the molecule is Oc1cccc(-c2cncs2)c1. The lowest BCUT2D eigenvalue weighted by Crippen LogP contribution is -1.70. The van der Waals surface area contributed by atoms with Gasteiger partial charge in [-0.2, -0.15) is 0 Å². The molecule has 0 aliphatic heterocycles. The van der Waals surface area contributed by atoms with Gasteiger partial charge in [0.2, 0.25) is 0 Å². The Morgan fingerprint density at radius 3 is 2.92 bits per heavy atom. The van der Waals surface area contributed by atoms with Gasteiger partial charge in [-0.3, -0.25) is 4.98 Å². The maximum atomic E-state index is 9.20. The first kappa shape index (κ1) is 7.31. The molecule has 0 fully saturated rings. The Kier molecular flexibility index (Phi) is 1.80. The van der Waals surface area contributed by atoms with E-state index in [4.69, 9.17) is 0 Å². The minimum absolute atomic E-state index is 0.293. The van der Waals surface area contributed by atoms with E-state index in [-0.39, 0.29) is 0 Å². The number of rotatable bonds is 1. The van der Waals surface area contributed by atoms with Gasteiger partial charge in [-0.15, -0.1) is 11.3 Å². The van der Waals surface area contributed by atoms with Crippen molar-refractivity contribution in [3.63, 3.8) is 0 Å². The third kappa shape index (κ3) is 1.31. The van der Waals surface area contributed by atoms with Crippen LogP contribution in [0.1, 0.15) is 0 Å². The van der Waals surface area contributed by atoms with E-state index in [2.05, 4.69) is 4.98 Å². The van der Waals surface area contributed by atoms with Crippen LogP contribution in [0, 0.1) is 0 Å². The van der Waals surface area contributed by atoms with Crippen LogP contribution < -0.4 is 0 Å². The molecule has 0 saturated carbocycles. The molecule has 0 saturated heterocycles. The molecule has 12 heavy (non-hydrogen) atoms. The second-order valence-electron chi connectivity index (χ2n) is 2.42. The third-order valence-corrected chi connectivity index (χ3v) is 2.39. The van der Waals surface area contributed by atoms with Gasteiger partial charge in [0.1, 0.15) is 5.75 Å². The van der Waals surface area contributed by atoms with E-state index in [1.54, 1.807) is 35.2 Å². The number of aromatic hydroxyl groups is 1. The van der Waals surface area contributed by atoms with Crippen LogP contribution in [-0.4, -0.2) is 10.1 Å². The summed E-state index contributed by atoms with van der Waals surface area (Å²) in [6.45, 7) is 0. The van der Waals surface area contributed by atoms with E-state index in [0.29, 0.717) is 5.75 Å². The molecule has 0 amide bonds. The highest BCUT2D eigenvalue weighted by molar-refractivity contribution is 7.13. The highest BCUT2D eigenvalue weighted by Gasteiger charge is 1.98. The van der Waals surface area contributed by atoms with Crippen LogP contribution in [0.5, 0.6) is 5.75 Å². The zero-order chi connectivity index (χ0) is 8.39. The zero-order valence-corrected chi connectivity index (χ0v) is 7.08. The molecule has 2 rings (SSSR count). The van der Waals surface area contributed by atoms with Crippen molar-refractivity contribution in [1.82, 2.24) is 4.98 Å². The Hall–Kier alpha value is -1.35. The summed E-state index contributed by atoms with van der Waals surface area (Å²) in [5.41, 5.74) is 2.79. The number of hydrogen-bond acceptors (Lipinski definition) is 3. The first-order valence-electron chi connectivity index (χ1n) is 3.54. The quantitative estimate of drug-likeness (QED) is 0.726. The van der Waals surface area contributed by atoms with Crippen LogP contribution >= 0.6 is 11.3 Å². The smallest absolute Gasteiger partial charge is 0.116 e. The summed E-state index contributed by atoms with van der Waals surface area (Å²) in [5.74, 6) is 0.293. The molecule has 2 nitrogen and oxygen atoms in total. The Balaban J connectivity index is 2.48. The molecule has 0 unspecified atom stereocenters. The van der Waals surface area contributed by atoms with E-state index in [9.17, 15) is 5.11 Å². The second kappa shape index (κ2) is 2.95. The zero-order valence-electron chi connectivity index (χ0n) is 6.27. The number of phenolic OH excluding ortho intramolecular Hbond substituents is 1. The van der Waals surface area contributed by atoms with Crippen LogP contribution in [0.15, 0.2) is 36.0 Å². The van der Waals surface area contributed by atoms with E-state index >= 15 is 0 Å². The van der Waals surface area contributed by atoms with E-state index < -0.39 is 0 Å². The summed E-state index contributed by atoms with van der Waals surface area (Å²) in [7, 11) is 0. The van der Waals surface area contributed by atoms with Crippen LogP contribution in [0.4, 0.5) is 0 Å². The summed E-state index contributed by atoms with van der Waals surface area (Å²) in [6.07, 6.45) is 1.79. The van der Waals surface area contributed by atoms with Crippen molar-refractivity contribution in [2.45, 2.75) is 0 Å². The van der Waals surface area contributed by atoms with Crippen molar-refractivity contribution in [3.05, 3.63) is 36.0 Å². The van der Waals surface area contributed by atoms with Crippen LogP contribution in [0.3, 0.4) is 0 Å². The van der Waals surface area contributed by atoms with Crippen LogP contribution in [0.2, 0.25) is 0 Å². The molecular weight excluding hydrogens is 170 g/mol. The molecule has 1 aromatic heterocycles. The average Bonchev–Trinajstić information content (AvgIpc) is 2.56. The molecule has 0 spiro atoms. The predicted molar refractivity (Wildman–Crippen MR) is 49.2 cm³/mol. The minimum Gasteiger partial charge on any atom is -0.508 e. The number of thiazole rings is 1. The van der Waals surface area contributed by atoms with Crippen LogP contribution in [-0.2, 0) is 0 Å². The fourth-order valence-corrected chi connectivity index (χ4v) is 1.64. The molecule has 0 aliphatic carbocycles. The van der Waals surface area contributed by atoms with Gasteiger partial charge < -0.3 is 5.11 Å². The Labute approximate surface area is 74.1 Å². The summed E-state index contributed by atoms with van der Waals surface area (Å²) in [6, 6.07) is 7.16. The Morgan fingerprint density at radius 1 is 1.33 bits per heavy atom. The maximum absolute atomic E-state index is 9.20.